The normalized spacial score (nSPS) is 20.2. The van der Waals surface area contributed by atoms with Crippen LogP contribution in [0.3, 0.4) is 0 Å². The van der Waals surface area contributed by atoms with Gasteiger partial charge in [-0.1, -0.05) is 31.2 Å². The van der Waals surface area contributed by atoms with Crippen LogP contribution in [-0.4, -0.2) is 28.7 Å². The molecule has 4 heteroatoms. The number of hydrogen-bond acceptors (Lipinski definition) is 4. The molecule has 1 aliphatic heterocycles. The van der Waals surface area contributed by atoms with E-state index in [-0.39, 0.29) is 23.9 Å². The first kappa shape index (κ1) is 14.6. The quantitative estimate of drug-likeness (QED) is 0.914. The molecule has 0 saturated carbocycles. The van der Waals surface area contributed by atoms with Gasteiger partial charge in [-0.3, -0.25) is 4.79 Å². The van der Waals surface area contributed by atoms with Crippen LogP contribution < -0.4 is 0 Å². The molecule has 3 rings (SSSR count). The maximum atomic E-state index is 13.0. The minimum atomic E-state index is -0.887. The number of hydrogen-bond donors (Lipinski definition) is 2. The van der Waals surface area contributed by atoms with Crippen LogP contribution in [0.2, 0.25) is 0 Å². The van der Waals surface area contributed by atoms with Gasteiger partial charge in [-0.05, 0) is 41.8 Å². The summed E-state index contributed by atoms with van der Waals surface area (Å²) in [7, 11) is 0. The topological polar surface area (TPSA) is 66.8 Å². The third-order valence-corrected chi connectivity index (χ3v) is 4.31. The van der Waals surface area contributed by atoms with Crippen LogP contribution in [0.4, 0.5) is 0 Å². The van der Waals surface area contributed by atoms with Crippen molar-refractivity contribution in [1.82, 2.24) is 0 Å². The second-order valence-corrected chi connectivity index (χ2v) is 5.57. The van der Waals surface area contributed by atoms with Gasteiger partial charge in [0, 0.05) is 0 Å². The number of aromatic hydroxyl groups is 2. The molecule has 1 heterocycles. The molecule has 0 bridgehead atoms. The minimum absolute atomic E-state index is 0.0198. The number of rotatable bonds is 3. The van der Waals surface area contributed by atoms with E-state index in [1.165, 1.54) is 0 Å². The Morgan fingerprint density at radius 2 is 1.45 bits per heavy atom. The predicted molar refractivity (Wildman–Crippen MR) is 82.0 cm³/mol. The average Bonchev–Trinajstić information content (AvgIpc) is 2.86. The zero-order valence-corrected chi connectivity index (χ0v) is 12.3. The number of carbonyl (C=O) groups excluding carboxylic acids is 1. The van der Waals surface area contributed by atoms with Crippen molar-refractivity contribution < 1.29 is 19.7 Å². The molecule has 2 aromatic rings. The third-order valence-electron chi connectivity index (χ3n) is 4.31. The summed E-state index contributed by atoms with van der Waals surface area (Å²) in [6, 6.07) is 13.3. The maximum absolute atomic E-state index is 13.0. The lowest BCUT2D eigenvalue weighted by Gasteiger charge is -2.27. The van der Waals surface area contributed by atoms with Crippen molar-refractivity contribution in [3.05, 3.63) is 59.7 Å². The van der Waals surface area contributed by atoms with Crippen LogP contribution in [0.1, 0.15) is 24.5 Å². The van der Waals surface area contributed by atoms with Gasteiger partial charge in [-0.2, -0.15) is 0 Å². The Labute approximate surface area is 129 Å². The van der Waals surface area contributed by atoms with Gasteiger partial charge < -0.3 is 14.9 Å². The summed E-state index contributed by atoms with van der Waals surface area (Å²) < 4.78 is 5.73. The average molecular weight is 298 g/mol. The number of benzene rings is 2. The van der Waals surface area contributed by atoms with E-state index in [4.69, 9.17) is 4.74 Å². The largest absolute Gasteiger partial charge is 0.508 e. The van der Waals surface area contributed by atoms with E-state index >= 15 is 0 Å². The number of Topliss-reactive ketones (excluding diaryl/α,β-unsaturated/α-hetero) is 1. The van der Waals surface area contributed by atoms with E-state index < -0.39 is 11.5 Å². The van der Waals surface area contributed by atoms with Crippen LogP contribution in [0.5, 0.6) is 11.5 Å². The lowest BCUT2D eigenvalue weighted by atomic mass is 9.72. The fraction of sp³-hybridized carbons (Fsp3) is 0.278. The summed E-state index contributed by atoms with van der Waals surface area (Å²) in [5.41, 5.74) is 0.691. The Balaban J connectivity index is 2.16. The highest BCUT2D eigenvalue weighted by Crippen LogP contribution is 2.41. The highest BCUT2D eigenvalue weighted by Gasteiger charge is 2.50. The van der Waals surface area contributed by atoms with E-state index in [1.54, 1.807) is 48.5 Å². The van der Waals surface area contributed by atoms with Crippen LogP contribution in [0, 0.1) is 0 Å². The third kappa shape index (κ3) is 2.16. The van der Waals surface area contributed by atoms with Crippen molar-refractivity contribution in [2.45, 2.75) is 24.9 Å². The molecule has 114 valence electrons. The Kier molecular flexibility index (Phi) is 3.62. The molecule has 1 aliphatic rings. The minimum Gasteiger partial charge on any atom is -0.508 e. The Hall–Kier alpha value is -2.33. The van der Waals surface area contributed by atoms with E-state index in [9.17, 15) is 15.0 Å². The molecular formula is C18H18O4. The Morgan fingerprint density at radius 1 is 1.00 bits per heavy atom. The first-order valence-corrected chi connectivity index (χ1v) is 7.33. The molecule has 0 spiro atoms. The van der Waals surface area contributed by atoms with Gasteiger partial charge in [0.05, 0.1) is 6.61 Å². The van der Waals surface area contributed by atoms with E-state index in [0.29, 0.717) is 6.42 Å². The van der Waals surface area contributed by atoms with Gasteiger partial charge >= 0.3 is 0 Å². The Morgan fingerprint density at radius 3 is 1.82 bits per heavy atom. The lowest BCUT2D eigenvalue weighted by molar-refractivity contribution is -0.124. The second kappa shape index (κ2) is 5.46. The molecule has 0 radical (unpaired) electrons. The summed E-state index contributed by atoms with van der Waals surface area (Å²) in [6.45, 7) is 2.19. The molecule has 4 nitrogen and oxygen atoms in total. The summed E-state index contributed by atoms with van der Waals surface area (Å²) >= 11 is 0. The Bertz CT molecular complexity index is 628. The number of phenolic OH excluding ortho intramolecular Hbond substituents is 2. The van der Waals surface area contributed by atoms with E-state index in [0.717, 1.165) is 11.1 Å². The van der Waals surface area contributed by atoms with Crippen molar-refractivity contribution >= 4 is 5.78 Å². The highest BCUT2D eigenvalue weighted by molar-refractivity contribution is 5.99. The number of ketones is 1. The molecule has 0 aromatic heterocycles. The van der Waals surface area contributed by atoms with E-state index in [2.05, 4.69) is 0 Å². The molecule has 0 aliphatic carbocycles. The van der Waals surface area contributed by atoms with E-state index in [1.807, 2.05) is 6.92 Å². The van der Waals surface area contributed by atoms with Gasteiger partial charge in [-0.15, -0.1) is 0 Å². The maximum Gasteiger partial charge on any atom is 0.178 e. The van der Waals surface area contributed by atoms with Crippen molar-refractivity contribution in [3.63, 3.8) is 0 Å². The van der Waals surface area contributed by atoms with Gasteiger partial charge in [0.1, 0.15) is 23.0 Å². The molecule has 2 aromatic carbocycles. The van der Waals surface area contributed by atoms with Crippen molar-refractivity contribution in [2.75, 3.05) is 6.61 Å². The molecule has 1 saturated heterocycles. The fourth-order valence-corrected chi connectivity index (χ4v) is 3.06. The monoisotopic (exact) mass is 298 g/mol. The molecular weight excluding hydrogens is 280 g/mol. The molecule has 22 heavy (non-hydrogen) atoms. The summed E-state index contributed by atoms with van der Waals surface area (Å²) in [4.78, 5) is 13.0. The zero-order valence-electron chi connectivity index (χ0n) is 12.3. The first-order chi connectivity index (χ1) is 10.6. The molecule has 2 N–H and O–H groups in total. The van der Waals surface area contributed by atoms with Crippen LogP contribution >= 0.6 is 0 Å². The van der Waals surface area contributed by atoms with Gasteiger partial charge in [-0.25, -0.2) is 0 Å². The zero-order chi connectivity index (χ0) is 15.7. The summed E-state index contributed by atoms with van der Waals surface area (Å²) in [6.07, 6.45) is 0.194. The smallest absolute Gasteiger partial charge is 0.178 e. The number of phenols is 2. The number of carbonyl (C=O) groups is 1. The van der Waals surface area contributed by atoms with Crippen LogP contribution in [0.15, 0.2) is 48.5 Å². The molecule has 1 fully saturated rings. The number of ether oxygens (including phenoxy) is 1. The first-order valence-electron chi connectivity index (χ1n) is 7.33. The van der Waals surface area contributed by atoms with Crippen molar-refractivity contribution in [1.29, 1.82) is 0 Å². The van der Waals surface area contributed by atoms with Gasteiger partial charge in [0.25, 0.3) is 0 Å². The fourth-order valence-electron chi connectivity index (χ4n) is 3.06. The highest BCUT2D eigenvalue weighted by atomic mass is 16.5. The molecule has 1 unspecified atom stereocenters. The molecule has 1 atom stereocenters. The second-order valence-electron chi connectivity index (χ2n) is 5.57. The summed E-state index contributed by atoms with van der Waals surface area (Å²) in [5, 5.41) is 19.0. The van der Waals surface area contributed by atoms with Crippen LogP contribution in [0.25, 0.3) is 0 Å². The predicted octanol–water partition coefficient (Wildman–Crippen LogP) is 2.76. The lowest BCUT2D eigenvalue weighted by Crippen LogP contribution is -2.38. The SMILES string of the molecule is CCC1OCC(c2ccc(O)cc2)(c2ccc(O)cc2)C1=O. The molecule has 0 amide bonds. The van der Waals surface area contributed by atoms with Crippen molar-refractivity contribution in [2.24, 2.45) is 0 Å². The van der Waals surface area contributed by atoms with Crippen LogP contribution in [-0.2, 0) is 14.9 Å². The van der Waals surface area contributed by atoms with Gasteiger partial charge in [0.2, 0.25) is 0 Å². The summed E-state index contributed by atoms with van der Waals surface area (Å²) in [5.74, 6) is 0.331. The van der Waals surface area contributed by atoms with Crippen molar-refractivity contribution in [3.8, 4) is 11.5 Å². The standard InChI is InChI=1S/C18H18O4/c1-2-16-17(21)18(11-22-16,12-3-7-14(19)8-4-12)13-5-9-15(20)10-6-13/h3-10,16,19-20H,2,11H2,1H3. The van der Waals surface area contributed by atoms with Gasteiger partial charge in [0.15, 0.2) is 5.78 Å².